The largest absolute Gasteiger partial charge is 0.493 e. The van der Waals surface area contributed by atoms with Crippen LogP contribution in [0.5, 0.6) is 11.5 Å². The first-order valence-electron chi connectivity index (χ1n) is 7.40. The van der Waals surface area contributed by atoms with Crippen LogP contribution in [0.3, 0.4) is 0 Å². The highest BCUT2D eigenvalue weighted by atomic mass is 32.2. The molecule has 23 heavy (non-hydrogen) atoms. The third kappa shape index (κ3) is 4.93. The van der Waals surface area contributed by atoms with Crippen molar-refractivity contribution in [3.8, 4) is 11.5 Å². The fourth-order valence-electron chi connectivity index (χ4n) is 2.08. The molecule has 0 bridgehead atoms. The molecule has 0 unspecified atom stereocenters. The molecule has 0 saturated carbocycles. The second kappa shape index (κ2) is 8.48. The van der Waals surface area contributed by atoms with Crippen molar-refractivity contribution < 1.29 is 14.3 Å². The number of thioether (sulfide) groups is 1. The zero-order chi connectivity index (χ0) is 16.7. The van der Waals surface area contributed by atoms with Gasteiger partial charge in [0.15, 0.2) is 11.5 Å². The Morgan fingerprint density at radius 3 is 2.35 bits per heavy atom. The van der Waals surface area contributed by atoms with E-state index < -0.39 is 0 Å². The molecule has 0 heterocycles. The number of hydrogen-bond donors (Lipinski definition) is 1. The third-order valence-corrected chi connectivity index (χ3v) is 4.36. The quantitative estimate of drug-likeness (QED) is 0.779. The number of hydrogen-bond acceptors (Lipinski definition) is 4. The van der Waals surface area contributed by atoms with Gasteiger partial charge in [-0.2, -0.15) is 0 Å². The molecule has 5 heteroatoms. The molecular weight excluding hydrogens is 310 g/mol. The van der Waals surface area contributed by atoms with Crippen molar-refractivity contribution in [2.75, 3.05) is 25.3 Å². The summed E-state index contributed by atoms with van der Waals surface area (Å²) in [5.74, 6) is 1.64. The number of nitrogens with one attached hydrogen (secondary N) is 1. The Balaban J connectivity index is 1.90. The Morgan fingerprint density at radius 2 is 1.74 bits per heavy atom. The zero-order valence-electron chi connectivity index (χ0n) is 13.6. The van der Waals surface area contributed by atoms with Gasteiger partial charge in [-0.15, -0.1) is 11.8 Å². The molecule has 1 N–H and O–H groups in total. The van der Waals surface area contributed by atoms with Crippen LogP contribution >= 0.6 is 11.8 Å². The van der Waals surface area contributed by atoms with E-state index in [4.69, 9.17) is 9.47 Å². The van der Waals surface area contributed by atoms with Crippen LogP contribution in [0.1, 0.15) is 12.5 Å². The maximum Gasteiger partial charge on any atom is 0.234 e. The highest BCUT2D eigenvalue weighted by Gasteiger charge is 2.08. The molecule has 0 fully saturated rings. The molecule has 0 spiro atoms. The van der Waals surface area contributed by atoms with Crippen LogP contribution in [-0.2, 0) is 11.2 Å². The van der Waals surface area contributed by atoms with E-state index in [-0.39, 0.29) is 5.91 Å². The Labute approximate surface area is 141 Å². The molecule has 0 aliphatic rings. The van der Waals surface area contributed by atoms with Gasteiger partial charge in [-0.3, -0.25) is 4.79 Å². The molecule has 4 nitrogen and oxygen atoms in total. The molecular formula is C18H21NO3S. The van der Waals surface area contributed by atoms with E-state index >= 15 is 0 Å². The second-order valence-electron chi connectivity index (χ2n) is 4.90. The summed E-state index contributed by atoms with van der Waals surface area (Å²) in [5.41, 5.74) is 2.07. The number of ether oxygens (including phenoxy) is 2. The lowest BCUT2D eigenvalue weighted by molar-refractivity contribution is -0.113. The molecule has 0 aromatic heterocycles. The minimum atomic E-state index is -0.0333. The average Bonchev–Trinajstić information content (AvgIpc) is 2.60. The standard InChI is InChI=1S/C18H21NO3S/c1-4-13-5-7-14(8-6-13)19-18(20)12-23-15-9-10-16(21-2)17(11-15)22-3/h5-11H,4,12H2,1-3H3,(H,19,20). The number of aryl methyl sites for hydroxylation is 1. The van der Waals surface area contributed by atoms with E-state index in [1.165, 1.54) is 17.3 Å². The Morgan fingerprint density at radius 1 is 1.04 bits per heavy atom. The Bertz CT molecular complexity index is 656. The van der Waals surface area contributed by atoms with Gasteiger partial charge < -0.3 is 14.8 Å². The number of carbonyl (C=O) groups is 1. The number of rotatable bonds is 7. The summed E-state index contributed by atoms with van der Waals surface area (Å²) < 4.78 is 10.5. The first-order chi connectivity index (χ1) is 11.2. The smallest absolute Gasteiger partial charge is 0.234 e. The van der Waals surface area contributed by atoms with Crippen LogP contribution < -0.4 is 14.8 Å². The van der Waals surface area contributed by atoms with Crippen LogP contribution in [0.2, 0.25) is 0 Å². The minimum Gasteiger partial charge on any atom is -0.493 e. The summed E-state index contributed by atoms with van der Waals surface area (Å²) in [6.45, 7) is 2.10. The van der Waals surface area contributed by atoms with Crippen molar-refractivity contribution in [3.05, 3.63) is 48.0 Å². The summed E-state index contributed by atoms with van der Waals surface area (Å²) in [5, 5.41) is 2.90. The molecule has 0 aliphatic heterocycles. The van der Waals surface area contributed by atoms with E-state index in [2.05, 4.69) is 12.2 Å². The van der Waals surface area contributed by atoms with Crippen molar-refractivity contribution in [1.29, 1.82) is 0 Å². The van der Waals surface area contributed by atoms with E-state index in [0.717, 1.165) is 17.0 Å². The lowest BCUT2D eigenvalue weighted by Crippen LogP contribution is -2.13. The third-order valence-electron chi connectivity index (χ3n) is 3.37. The van der Waals surface area contributed by atoms with E-state index in [0.29, 0.717) is 17.3 Å². The molecule has 2 aromatic carbocycles. The van der Waals surface area contributed by atoms with Gasteiger partial charge in [-0.05, 0) is 42.3 Å². The van der Waals surface area contributed by atoms with E-state index in [1.54, 1.807) is 14.2 Å². The molecule has 0 saturated heterocycles. The van der Waals surface area contributed by atoms with E-state index in [9.17, 15) is 4.79 Å². The predicted molar refractivity (Wildman–Crippen MR) is 94.7 cm³/mol. The Hall–Kier alpha value is -2.14. The van der Waals surface area contributed by atoms with Crippen molar-refractivity contribution >= 4 is 23.4 Å². The van der Waals surface area contributed by atoms with Gasteiger partial charge in [-0.25, -0.2) is 0 Å². The summed E-state index contributed by atoms with van der Waals surface area (Å²) in [6.07, 6.45) is 0.989. The van der Waals surface area contributed by atoms with Crippen molar-refractivity contribution in [2.45, 2.75) is 18.2 Å². The van der Waals surface area contributed by atoms with Gasteiger partial charge in [0.2, 0.25) is 5.91 Å². The van der Waals surface area contributed by atoms with Crippen LogP contribution in [0.4, 0.5) is 5.69 Å². The van der Waals surface area contributed by atoms with Gasteiger partial charge in [-0.1, -0.05) is 19.1 Å². The average molecular weight is 331 g/mol. The number of anilines is 1. The fourth-order valence-corrected chi connectivity index (χ4v) is 2.80. The number of amides is 1. The molecule has 2 rings (SSSR count). The highest BCUT2D eigenvalue weighted by Crippen LogP contribution is 2.31. The SMILES string of the molecule is CCc1ccc(NC(=O)CSc2ccc(OC)c(OC)c2)cc1. The monoisotopic (exact) mass is 331 g/mol. The summed E-state index contributed by atoms with van der Waals surface area (Å²) in [6, 6.07) is 13.5. The number of carbonyl (C=O) groups excluding carboxylic acids is 1. The van der Waals surface area contributed by atoms with Crippen LogP contribution in [0.25, 0.3) is 0 Å². The Kier molecular flexibility index (Phi) is 6.35. The van der Waals surface area contributed by atoms with Gasteiger partial charge in [0.25, 0.3) is 0 Å². The molecule has 0 radical (unpaired) electrons. The minimum absolute atomic E-state index is 0.0333. The summed E-state index contributed by atoms with van der Waals surface area (Å²) in [4.78, 5) is 13.0. The highest BCUT2D eigenvalue weighted by molar-refractivity contribution is 8.00. The first kappa shape index (κ1) is 17.2. The van der Waals surface area contributed by atoms with Gasteiger partial charge in [0.1, 0.15) is 0 Å². The lowest BCUT2D eigenvalue weighted by atomic mass is 10.1. The topological polar surface area (TPSA) is 47.6 Å². The predicted octanol–water partition coefficient (Wildman–Crippen LogP) is 4.00. The van der Waals surface area contributed by atoms with E-state index in [1.807, 2.05) is 42.5 Å². The summed E-state index contributed by atoms with van der Waals surface area (Å²) >= 11 is 1.46. The molecule has 0 aliphatic carbocycles. The van der Waals surface area contributed by atoms with Crippen molar-refractivity contribution in [1.82, 2.24) is 0 Å². The van der Waals surface area contributed by atoms with Gasteiger partial charge in [0.05, 0.1) is 20.0 Å². The lowest BCUT2D eigenvalue weighted by Gasteiger charge is -2.09. The molecule has 122 valence electrons. The molecule has 1 amide bonds. The second-order valence-corrected chi connectivity index (χ2v) is 5.95. The van der Waals surface area contributed by atoms with Crippen molar-refractivity contribution in [2.24, 2.45) is 0 Å². The van der Waals surface area contributed by atoms with Crippen LogP contribution in [0, 0.1) is 0 Å². The number of benzene rings is 2. The maximum absolute atomic E-state index is 12.0. The van der Waals surface area contributed by atoms with Gasteiger partial charge >= 0.3 is 0 Å². The molecule has 2 aromatic rings. The van der Waals surface area contributed by atoms with Crippen LogP contribution in [-0.4, -0.2) is 25.9 Å². The van der Waals surface area contributed by atoms with Gasteiger partial charge in [0, 0.05) is 10.6 Å². The zero-order valence-corrected chi connectivity index (χ0v) is 14.4. The maximum atomic E-state index is 12.0. The van der Waals surface area contributed by atoms with Crippen LogP contribution in [0.15, 0.2) is 47.4 Å². The normalized spacial score (nSPS) is 10.2. The number of methoxy groups -OCH3 is 2. The first-order valence-corrected chi connectivity index (χ1v) is 8.38. The summed E-state index contributed by atoms with van der Waals surface area (Å²) in [7, 11) is 3.20. The fraction of sp³-hybridized carbons (Fsp3) is 0.278. The molecule has 0 atom stereocenters. The van der Waals surface area contributed by atoms with Crippen molar-refractivity contribution in [3.63, 3.8) is 0 Å².